The Morgan fingerprint density at radius 3 is 2.82 bits per heavy atom. The zero-order valence-electron chi connectivity index (χ0n) is 10.9. The molecule has 0 aromatic heterocycles. The smallest absolute Gasteiger partial charge is 0.305 e. The van der Waals surface area contributed by atoms with Crippen molar-refractivity contribution in [1.82, 2.24) is 0 Å². The van der Waals surface area contributed by atoms with Crippen LogP contribution in [0.3, 0.4) is 0 Å². The van der Waals surface area contributed by atoms with Gasteiger partial charge in [0.2, 0.25) is 0 Å². The SMILES string of the molecule is CCCCC(=O)OCCCc1cccc(C)c1. The topological polar surface area (TPSA) is 26.3 Å². The molecular formula is C15H22O2. The van der Waals surface area contributed by atoms with E-state index in [-0.39, 0.29) is 5.97 Å². The van der Waals surface area contributed by atoms with Crippen molar-refractivity contribution in [3.05, 3.63) is 35.4 Å². The fourth-order valence-corrected chi connectivity index (χ4v) is 1.72. The fourth-order valence-electron chi connectivity index (χ4n) is 1.72. The summed E-state index contributed by atoms with van der Waals surface area (Å²) in [7, 11) is 0. The molecule has 0 aliphatic rings. The van der Waals surface area contributed by atoms with Gasteiger partial charge >= 0.3 is 5.97 Å². The van der Waals surface area contributed by atoms with Crippen LogP contribution in [0, 0.1) is 6.92 Å². The summed E-state index contributed by atoms with van der Waals surface area (Å²) >= 11 is 0. The van der Waals surface area contributed by atoms with E-state index >= 15 is 0 Å². The summed E-state index contributed by atoms with van der Waals surface area (Å²) in [5, 5.41) is 0. The van der Waals surface area contributed by atoms with Crippen LogP contribution >= 0.6 is 0 Å². The Kier molecular flexibility index (Phi) is 6.38. The highest BCUT2D eigenvalue weighted by molar-refractivity contribution is 5.69. The third-order valence-electron chi connectivity index (χ3n) is 2.69. The third-order valence-corrected chi connectivity index (χ3v) is 2.69. The van der Waals surface area contributed by atoms with E-state index in [4.69, 9.17) is 4.74 Å². The summed E-state index contributed by atoms with van der Waals surface area (Å²) in [6, 6.07) is 8.46. The van der Waals surface area contributed by atoms with Crippen LogP contribution in [-0.2, 0) is 16.0 Å². The molecule has 0 atom stereocenters. The minimum Gasteiger partial charge on any atom is -0.466 e. The highest BCUT2D eigenvalue weighted by Gasteiger charge is 2.01. The molecule has 0 saturated heterocycles. The van der Waals surface area contributed by atoms with Crippen molar-refractivity contribution in [1.29, 1.82) is 0 Å². The number of hydrogen-bond donors (Lipinski definition) is 0. The van der Waals surface area contributed by atoms with Gasteiger partial charge in [0.05, 0.1) is 6.61 Å². The van der Waals surface area contributed by atoms with Crippen molar-refractivity contribution >= 4 is 5.97 Å². The molecule has 1 aromatic rings. The summed E-state index contributed by atoms with van der Waals surface area (Å²) in [6.45, 7) is 4.70. The highest BCUT2D eigenvalue weighted by atomic mass is 16.5. The molecule has 0 radical (unpaired) electrons. The molecule has 0 unspecified atom stereocenters. The Balaban J connectivity index is 2.14. The largest absolute Gasteiger partial charge is 0.466 e. The number of rotatable bonds is 7. The maximum atomic E-state index is 11.2. The van der Waals surface area contributed by atoms with E-state index in [1.165, 1.54) is 11.1 Å². The molecular weight excluding hydrogens is 212 g/mol. The number of unbranched alkanes of at least 4 members (excludes halogenated alkanes) is 1. The van der Waals surface area contributed by atoms with Crippen LogP contribution in [0.15, 0.2) is 24.3 Å². The van der Waals surface area contributed by atoms with Crippen LogP contribution in [0.25, 0.3) is 0 Å². The van der Waals surface area contributed by atoms with Crippen LogP contribution in [-0.4, -0.2) is 12.6 Å². The Morgan fingerprint density at radius 2 is 2.12 bits per heavy atom. The van der Waals surface area contributed by atoms with Gasteiger partial charge in [0.15, 0.2) is 0 Å². The monoisotopic (exact) mass is 234 g/mol. The van der Waals surface area contributed by atoms with Crippen molar-refractivity contribution < 1.29 is 9.53 Å². The van der Waals surface area contributed by atoms with E-state index in [9.17, 15) is 4.79 Å². The second-order valence-corrected chi connectivity index (χ2v) is 4.42. The molecule has 0 aliphatic carbocycles. The van der Waals surface area contributed by atoms with Gasteiger partial charge in [-0.05, 0) is 31.7 Å². The molecule has 0 N–H and O–H groups in total. The molecule has 17 heavy (non-hydrogen) atoms. The number of hydrogen-bond acceptors (Lipinski definition) is 2. The van der Waals surface area contributed by atoms with Crippen LogP contribution in [0.2, 0.25) is 0 Å². The number of carbonyl (C=O) groups excluding carboxylic acids is 1. The van der Waals surface area contributed by atoms with Crippen molar-refractivity contribution in [2.45, 2.75) is 46.0 Å². The number of ether oxygens (including phenoxy) is 1. The van der Waals surface area contributed by atoms with E-state index < -0.39 is 0 Å². The predicted octanol–water partition coefficient (Wildman–Crippen LogP) is 3.66. The van der Waals surface area contributed by atoms with Crippen LogP contribution in [0.5, 0.6) is 0 Å². The Bertz CT molecular complexity index is 345. The van der Waals surface area contributed by atoms with Crippen molar-refractivity contribution in [2.24, 2.45) is 0 Å². The predicted molar refractivity (Wildman–Crippen MR) is 70.0 cm³/mol. The molecule has 0 bridgehead atoms. The van der Waals surface area contributed by atoms with Gasteiger partial charge in [-0.25, -0.2) is 0 Å². The number of benzene rings is 1. The average molecular weight is 234 g/mol. The lowest BCUT2D eigenvalue weighted by Gasteiger charge is -2.05. The second kappa shape index (κ2) is 7.88. The van der Waals surface area contributed by atoms with Gasteiger partial charge < -0.3 is 4.74 Å². The molecule has 2 heteroatoms. The number of esters is 1. The lowest BCUT2D eigenvalue weighted by Crippen LogP contribution is -2.06. The van der Waals surface area contributed by atoms with E-state index in [1.807, 2.05) is 0 Å². The zero-order valence-corrected chi connectivity index (χ0v) is 10.9. The van der Waals surface area contributed by atoms with Crippen LogP contribution in [0.1, 0.15) is 43.7 Å². The van der Waals surface area contributed by atoms with Gasteiger partial charge in [-0.3, -0.25) is 4.79 Å². The first-order valence-corrected chi connectivity index (χ1v) is 6.43. The Morgan fingerprint density at radius 1 is 1.29 bits per heavy atom. The van der Waals surface area contributed by atoms with Gasteiger partial charge in [0.1, 0.15) is 0 Å². The lowest BCUT2D eigenvalue weighted by molar-refractivity contribution is -0.143. The van der Waals surface area contributed by atoms with Crippen LogP contribution < -0.4 is 0 Å². The molecule has 0 heterocycles. The quantitative estimate of drug-likeness (QED) is 0.531. The molecule has 0 fully saturated rings. The van der Waals surface area contributed by atoms with E-state index in [0.29, 0.717) is 13.0 Å². The standard InChI is InChI=1S/C15H22O2/c1-3-4-10-15(16)17-11-6-9-14-8-5-7-13(2)12-14/h5,7-8,12H,3-4,6,9-11H2,1-2H3. The van der Waals surface area contributed by atoms with Crippen molar-refractivity contribution in [3.8, 4) is 0 Å². The third kappa shape index (κ3) is 6.10. The van der Waals surface area contributed by atoms with Gasteiger partial charge in [0, 0.05) is 6.42 Å². The van der Waals surface area contributed by atoms with Crippen molar-refractivity contribution in [3.63, 3.8) is 0 Å². The lowest BCUT2D eigenvalue weighted by atomic mass is 10.1. The normalized spacial score (nSPS) is 10.2. The molecule has 0 amide bonds. The molecule has 1 aromatic carbocycles. The van der Waals surface area contributed by atoms with E-state index in [0.717, 1.165) is 25.7 Å². The Hall–Kier alpha value is -1.31. The molecule has 94 valence electrons. The first-order chi connectivity index (χ1) is 8.22. The average Bonchev–Trinajstić information content (AvgIpc) is 2.32. The summed E-state index contributed by atoms with van der Waals surface area (Å²) < 4.78 is 5.16. The highest BCUT2D eigenvalue weighted by Crippen LogP contribution is 2.07. The first kappa shape index (κ1) is 13.8. The molecule has 0 saturated carbocycles. The molecule has 1 rings (SSSR count). The molecule has 0 spiro atoms. The van der Waals surface area contributed by atoms with Gasteiger partial charge in [-0.2, -0.15) is 0 Å². The maximum Gasteiger partial charge on any atom is 0.305 e. The van der Waals surface area contributed by atoms with Crippen molar-refractivity contribution in [2.75, 3.05) is 6.61 Å². The molecule has 0 aliphatic heterocycles. The fraction of sp³-hybridized carbons (Fsp3) is 0.533. The minimum atomic E-state index is -0.0592. The van der Waals surface area contributed by atoms with Gasteiger partial charge in [-0.15, -0.1) is 0 Å². The number of aryl methyl sites for hydroxylation is 2. The summed E-state index contributed by atoms with van der Waals surface area (Å²) in [5.74, 6) is -0.0592. The van der Waals surface area contributed by atoms with E-state index in [2.05, 4.69) is 38.1 Å². The maximum absolute atomic E-state index is 11.2. The summed E-state index contributed by atoms with van der Waals surface area (Å²) in [6.07, 6.45) is 4.40. The second-order valence-electron chi connectivity index (χ2n) is 4.42. The van der Waals surface area contributed by atoms with Crippen LogP contribution in [0.4, 0.5) is 0 Å². The summed E-state index contributed by atoms with van der Waals surface area (Å²) in [5.41, 5.74) is 2.59. The zero-order chi connectivity index (χ0) is 12.5. The summed E-state index contributed by atoms with van der Waals surface area (Å²) in [4.78, 5) is 11.2. The molecule has 2 nitrogen and oxygen atoms in total. The number of carbonyl (C=O) groups is 1. The Labute approximate surface area is 104 Å². The minimum absolute atomic E-state index is 0.0592. The van der Waals surface area contributed by atoms with E-state index in [1.54, 1.807) is 0 Å². The first-order valence-electron chi connectivity index (χ1n) is 6.43. The van der Waals surface area contributed by atoms with Gasteiger partial charge in [0.25, 0.3) is 0 Å². The van der Waals surface area contributed by atoms with Gasteiger partial charge in [-0.1, -0.05) is 43.2 Å².